The zero-order chi connectivity index (χ0) is 8.10. The Morgan fingerprint density at radius 3 is 3.09 bits per heavy atom. The van der Waals surface area contributed by atoms with E-state index in [-0.39, 0.29) is 0 Å². The van der Waals surface area contributed by atoms with Crippen molar-refractivity contribution >= 4 is 17.4 Å². The smallest absolute Gasteiger partial charge is 0.0936 e. The van der Waals surface area contributed by atoms with E-state index in [9.17, 15) is 0 Å². The standard InChI is InChI=1S/C7H12N2OS/c1-9(3-2-8-6-11)4-7-5-10-7/h7H,2-5H2,1H3. The van der Waals surface area contributed by atoms with E-state index in [1.165, 1.54) is 0 Å². The first-order valence-electron chi connectivity index (χ1n) is 3.66. The third-order valence-electron chi connectivity index (χ3n) is 1.58. The molecule has 1 heterocycles. The highest BCUT2D eigenvalue weighted by Gasteiger charge is 2.23. The molecule has 1 atom stereocenters. The fraction of sp³-hybridized carbons (Fsp3) is 0.857. The normalized spacial score (nSPS) is 21.5. The topological polar surface area (TPSA) is 28.1 Å². The Labute approximate surface area is 72.1 Å². The third-order valence-corrected chi connectivity index (χ3v) is 1.70. The summed E-state index contributed by atoms with van der Waals surface area (Å²) in [7, 11) is 2.06. The van der Waals surface area contributed by atoms with Gasteiger partial charge in [0.2, 0.25) is 0 Å². The molecule has 0 spiro atoms. The number of hydrogen-bond acceptors (Lipinski definition) is 4. The minimum absolute atomic E-state index is 0.469. The van der Waals surface area contributed by atoms with Gasteiger partial charge in [-0.3, -0.25) is 0 Å². The van der Waals surface area contributed by atoms with Gasteiger partial charge in [-0.25, -0.2) is 4.99 Å². The van der Waals surface area contributed by atoms with Crippen LogP contribution in [0.1, 0.15) is 0 Å². The zero-order valence-corrected chi connectivity index (χ0v) is 7.43. The summed E-state index contributed by atoms with van der Waals surface area (Å²) < 4.78 is 5.08. The molecule has 0 aromatic carbocycles. The van der Waals surface area contributed by atoms with Crippen LogP contribution >= 0.6 is 12.2 Å². The van der Waals surface area contributed by atoms with E-state index < -0.39 is 0 Å². The summed E-state index contributed by atoms with van der Waals surface area (Å²) in [6.07, 6.45) is 0.469. The van der Waals surface area contributed by atoms with Crippen molar-refractivity contribution in [3.05, 3.63) is 0 Å². The van der Waals surface area contributed by atoms with E-state index >= 15 is 0 Å². The van der Waals surface area contributed by atoms with Crippen molar-refractivity contribution in [3.63, 3.8) is 0 Å². The molecular weight excluding hydrogens is 160 g/mol. The third kappa shape index (κ3) is 4.22. The quantitative estimate of drug-likeness (QED) is 0.342. The van der Waals surface area contributed by atoms with E-state index in [2.05, 4.69) is 34.3 Å². The Morgan fingerprint density at radius 2 is 2.55 bits per heavy atom. The maximum absolute atomic E-state index is 5.08. The lowest BCUT2D eigenvalue weighted by atomic mass is 10.4. The number of ether oxygens (including phenoxy) is 1. The van der Waals surface area contributed by atoms with Crippen LogP contribution in [-0.2, 0) is 4.74 Å². The highest BCUT2D eigenvalue weighted by molar-refractivity contribution is 7.78. The number of hydrogen-bond donors (Lipinski definition) is 0. The lowest BCUT2D eigenvalue weighted by Gasteiger charge is -2.12. The van der Waals surface area contributed by atoms with Crippen LogP contribution in [0.2, 0.25) is 0 Å². The summed E-state index contributed by atoms with van der Waals surface area (Å²) >= 11 is 4.44. The van der Waals surface area contributed by atoms with Gasteiger partial charge in [0, 0.05) is 13.1 Å². The molecule has 1 unspecified atom stereocenters. The van der Waals surface area contributed by atoms with Crippen molar-refractivity contribution in [1.29, 1.82) is 0 Å². The molecule has 0 aromatic heterocycles. The monoisotopic (exact) mass is 172 g/mol. The van der Waals surface area contributed by atoms with Gasteiger partial charge >= 0.3 is 0 Å². The maximum atomic E-state index is 5.08. The van der Waals surface area contributed by atoms with Crippen molar-refractivity contribution in [2.45, 2.75) is 6.10 Å². The Bertz CT molecular complexity index is 164. The van der Waals surface area contributed by atoms with Crippen LogP contribution in [0.25, 0.3) is 0 Å². The SMILES string of the molecule is CN(CCN=C=S)CC1CO1. The Balaban J connectivity index is 1.99. The first-order chi connectivity index (χ1) is 5.33. The Hall–Kier alpha value is -0.280. The highest BCUT2D eigenvalue weighted by atomic mass is 32.1. The molecule has 0 aliphatic carbocycles. The van der Waals surface area contributed by atoms with Gasteiger partial charge in [0.15, 0.2) is 0 Å². The predicted molar refractivity (Wildman–Crippen MR) is 47.1 cm³/mol. The van der Waals surface area contributed by atoms with Gasteiger partial charge in [-0.2, -0.15) is 0 Å². The van der Waals surface area contributed by atoms with E-state index in [0.717, 1.165) is 26.2 Å². The molecule has 11 heavy (non-hydrogen) atoms. The summed E-state index contributed by atoms with van der Waals surface area (Å²) in [6.45, 7) is 3.60. The fourth-order valence-electron chi connectivity index (χ4n) is 0.879. The van der Waals surface area contributed by atoms with Crippen LogP contribution in [0.5, 0.6) is 0 Å². The van der Waals surface area contributed by atoms with Gasteiger partial charge in [-0.15, -0.1) is 0 Å². The molecule has 4 heteroatoms. The molecule has 0 N–H and O–H groups in total. The summed E-state index contributed by atoms with van der Waals surface area (Å²) in [5, 5.41) is 2.34. The second-order valence-electron chi connectivity index (χ2n) is 2.69. The van der Waals surface area contributed by atoms with Gasteiger partial charge in [0.1, 0.15) is 0 Å². The molecule has 0 aromatic rings. The van der Waals surface area contributed by atoms with Crippen LogP contribution in [0, 0.1) is 0 Å². The molecule has 0 radical (unpaired) electrons. The van der Waals surface area contributed by atoms with Crippen LogP contribution in [-0.4, -0.2) is 49.5 Å². The van der Waals surface area contributed by atoms with Gasteiger partial charge < -0.3 is 9.64 Å². The average Bonchev–Trinajstić information content (AvgIpc) is 2.72. The molecule has 3 nitrogen and oxygen atoms in total. The van der Waals surface area contributed by atoms with Crippen molar-refractivity contribution < 1.29 is 4.74 Å². The summed E-state index contributed by atoms with van der Waals surface area (Å²) in [5.74, 6) is 0. The average molecular weight is 172 g/mol. The van der Waals surface area contributed by atoms with E-state index in [0.29, 0.717) is 6.10 Å². The number of epoxide rings is 1. The lowest BCUT2D eigenvalue weighted by molar-refractivity contribution is 0.290. The molecule has 0 bridgehead atoms. The number of thiocarbonyl (C=S) groups is 1. The zero-order valence-electron chi connectivity index (χ0n) is 6.62. The van der Waals surface area contributed by atoms with Crippen molar-refractivity contribution in [3.8, 4) is 0 Å². The van der Waals surface area contributed by atoms with Crippen LogP contribution in [0.15, 0.2) is 4.99 Å². The number of likely N-dealkylation sites (N-methyl/N-ethyl adjacent to an activating group) is 1. The lowest BCUT2D eigenvalue weighted by Crippen LogP contribution is -2.25. The van der Waals surface area contributed by atoms with Crippen LogP contribution in [0.3, 0.4) is 0 Å². The number of aliphatic imine (C=N–C) groups is 1. The molecule has 1 aliphatic rings. The van der Waals surface area contributed by atoms with Gasteiger partial charge in [-0.05, 0) is 19.3 Å². The highest BCUT2D eigenvalue weighted by Crippen LogP contribution is 2.09. The number of rotatable bonds is 5. The van der Waals surface area contributed by atoms with E-state index in [1.807, 2.05) is 0 Å². The maximum Gasteiger partial charge on any atom is 0.0936 e. The van der Waals surface area contributed by atoms with Crippen molar-refractivity contribution in [1.82, 2.24) is 4.90 Å². The molecule has 62 valence electrons. The molecule has 1 fully saturated rings. The second-order valence-corrected chi connectivity index (χ2v) is 2.87. The van der Waals surface area contributed by atoms with Gasteiger partial charge in [0.05, 0.1) is 24.4 Å². The Morgan fingerprint density at radius 1 is 1.82 bits per heavy atom. The van der Waals surface area contributed by atoms with Gasteiger partial charge in [0.25, 0.3) is 0 Å². The van der Waals surface area contributed by atoms with Crippen LogP contribution in [0.4, 0.5) is 0 Å². The molecular formula is C7H12N2OS. The first-order valence-corrected chi connectivity index (χ1v) is 4.07. The Kier molecular flexibility index (Phi) is 3.66. The summed E-state index contributed by atoms with van der Waals surface area (Å²) in [5.41, 5.74) is 0. The van der Waals surface area contributed by atoms with E-state index in [4.69, 9.17) is 4.74 Å². The summed E-state index contributed by atoms with van der Waals surface area (Å²) in [4.78, 5) is 6.01. The second kappa shape index (κ2) is 4.57. The summed E-state index contributed by atoms with van der Waals surface area (Å²) in [6, 6.07) is 0. The molecule has 1 rings (SSSR count). The number of nitrogens with zero attached hydrogens (tertiary/aromatic N) is 2. The van der Waals surface area contributed by atoms with E-state index in [1.54, 1.807) is 0 Å². The molecule has 0 saturated carbocycles. The van der Waals surface area contributed by atoms with Crippen molar-refractivity contribution in [2.75, 3.05) is 33.3 Å². The van der Waals surface area contributed by atoms with Crippen LogP contribution < -0.4 is 0 Å². The predicted octanol–water partition coefficient (Wildman–Crippen LogP) is 0.420. The minimum atomic E-state index is 0.469. The minimum Gasteiger partial charge on any atom is -0.372 e. The molecule has 0 amide bonds. The molecule has 1 saturated heterocycles. The number of isothiocyanates is 1. The molecule has 1 aliphatic heterocycles. The largest absolute Gasteiger partial charge is 0.372 e. The fourth-order valence-corrected chi connectivity index (χ4v) is 0.970. The van der Waals surface area contributed by atoms with Crippen molar-refractivity contribution in [2.24, 2.45) is 4.99 Å². The first kappa shape index (κ1) is 8.81. The van der Waals surface area contributed by atoms with Gasteiger partial charge in [-0.1, -0.05) is 0 Å².